The van der Waals surface area contributed by atoms with Gasteiger partial charge >= 0.3 is 11.9 Å². The van der Waals surface area contributed by atoms with Gasteiger partial charge in [-0.15, -0.1) is 0 Å². The summed E-state index contributed by atoms with van der Waals surface area (Å²) in [5, 5.41) is 0.477. The number of ether oxygens (including phenoxy) is 2. The van der Waals surface area contributed by atoms with E-state index in [4.69, 9.17) is 21.1 Å². The van der Waals surface area contributed by atoms with Crippen molar-refractivity contribution in [3.8, 4) is 22.4 Å². The molecule has 0 aliphatic heterocycles. The summed E-state index contributed by atoms with van der Waals surface area (Å²) in [6.07, 6.45) is 0. The van der Waals surface area contributed by atoms with Gasteiger partial charge in [0.2, 0.25) is 0 Å². The molecule has 1 heterocycles. The van der Waals surface area contributed by atoms with E-state index in [0.29, 0.717) is 21.8 Å². The SMILES string of the molecule is COC(=O)c1nc(-c2ccccc2Cl)cc(-c2ccccc2)c1C(=O)OC. The summed E-state index contributed by atoms with van der Waals surface area (Å²) in [5.41, 5.74) is 2.25. The zero-order valence-corrected chi connectivity index (χ0v) is 15.5. The Morgan fingerprint density at radius 2 is 1.48 bits per heavy atom. The molecule has 136 valence electrons. The number of carbonyl (C=O) groups excluding carboxylic acids is 2. The highest BCUT2D eigenvalue weighted by Gasteiger charge is 2.26. The molecule has 0 N–H and O–H groups in total. The second kappa shape index (κ2) is 8.01. The summed E-state index contributed by atoms with van der Waals surface area (Å²) in [4.78, 5) is 29.2. The number of aromatic nitrogens is 1. The minimum Gasteiger partial charge on any atom is -0.465 e. The van der Waals surface area contributed by atoms with Crippen LogP contribution in [0.1, 0.15) is 20.8 Å². The molecule has 0 bridgehead atoms. The second-order valence-corrected chi connectivity index (χ2v) is 6.01. The Morgan fingerprint density at radius 1 is 0.852 bits per heavy atom. The fraction of sp³-hybridized carbons (Fsp3) is 0.0952. The van der Waals surface area contributed by atoms with Crippen molar-refractivity contribution in [2.45, 2.75) is 0 Å². The first-order valence-corrected chi connectivity index (χ1v) is 8.46. The molecule has 3 aromatic rings. The van der Waals surface area contributed by atoms with Crippen LogP contribution in [-0.4, -0.2) is 31.1 Å². The average Bonchev–Trinajstić information content (AvgIpc) is 2.72. The zero-order valence-electron chi connectivity index (χ0n) is 14.7. The molecule has 2 aromatic carbocycles. The zero-order chi connectivity index (χ0) is 19.4. The van der Waals surface area contributed by atoms with Crippen LogP contribution in [0.15, 0.2) is 60.7 Å². The van der Waals surface area contributed by atoms with Crippen molar-refractivity contribution < 1.29 is 19.1 Å². The maximum absolute atomic E-state index is 12.5. The Bertz CT molecular complexity index is 1000. The van der Waals surface area contributed by atoms with Crippen LogP contribution in [0, 0.1) is 0 Å². The first kappa shape index (κ1) is 18.6. The van der Waals surface area contributed by atoms with Crippen LogP contribution >= 0.6 is 11.6 Å². The van der Waals surface area contributed by atoms with Crippen molar-refractivity contribution in [3.05, 3.63) is 76.9 Å². The summed E-state index contributed by atoms with van der Waals surface area (Å²) in [6, 6.07) is 18.1. The Kier molecular flexibility index (Phi) is 5.52. The van der Waals surface area contributed by atoms with E-state index in [-0.39, 0.29) is 11.3 Å². The Hall–Kier alpha value is -3.18. The molecule has 0 atom stereocenters. The van der Waals surface area contributed by atoms with Crippen LogP contribution in [0.2, 0.25) is 5.02 Å². The summed E-state index contributed by atoms with van der Waals surface area (Å²) >= 11 is 6.30. The molecule has 0 aliphatic carbocycles. The number of esters is 2. The normalized spacial score (nSPS) is 10.3. The number of halogens is 1. The van der Waals surface area contributed by atoms with Crippen molar-refractivity contribution in [2.75, 3.05) is 14.2 Å². The first-order valence-electron chi connectivity index (χ1n) is 8.08. The van der Waals surface area contributed by atoms with Crippen molar-refractivity contribution in [1.29, 1.82) is 0 Å². The highest BCUT2D eigenvalue weighted by Crippen LogP contribution is 2.33. The van der Waals surface area contributed by atoms with E-state index >= 15 is 0 Å². The van der Waals surface area contributed by atoms with E-state index in [2.05, 4.69) is 4.98 Å². The first-order chi connectivity index (χ1) is 13.1. The van der Waals surface area contributed by atoms with Gasteiger partial charge in [-0.2, -0.15) is 0 Å². The van der Waals surface area contributed by atoms with Crippen LogP contribution in [0.3, 0.4) is 0 Å². The number of pyridine rings is 1. The number of hydrogen-bond acceptors (Lipinski definition) is 5. The van der Waals surface area contributed by atoms with E-state index in [1.807, 2.05) is 36.4 Å². The lowest BCUT2D eigenvalue weighted by Gasteiger charge is -2.15. The molecule has 0 radical (unpaired) electrons. The van der Waals surface area contributed by atoms with Gasteiger partial charge in [-0.1, -0.05) is 60.1 Å². The van der Waals surface area contributed by atoms with Crippen LogP contribution in [-0.2, 0) is 9.47 Å². The van der Waals surface area contributed by atoms with Crippen molar-refractivity contribution in [1.82, 2.24) is 4.98 Å². The molecular formula is C21H16ClNO4. The van der Waals surface area contributed by atoms with Crippen LogP contribution in [0.5, 0.6) is 0 Å². The van der Waals surface area contributed by atoms with Gasteiger partial charge in [0.25, 0.3) is 0 Å². The van der Waals surface area contributed by atoms with Gasteiger partial charge < -0.3 is 9.47 Å². The van der Waals surface area contributed by atoms with E-state index in [1.54, 1.807) is 24.3 Å². The molecule has 1 aromatic heterocycles. The number of hydrogen-bond donors (Lipinski definition) is 0. The summed E-state index contributed by atoms with van der Waals surface area (Å²) in [6.45, 7) is 0. The minimum atomic E-state index is -0.735. The fourth-order valence-electron chi connectivity index (χ4n) is 2.75. The molecule has 27 heavy (non-hydrogen) atoms. The molecule has 0 fully saturated rings. The van der Waals surface area contributed by atoms with E-state index < -0.39 is 11.9 Å². The predicted octanol–water partition coefficient (Wildman–Crippen LogP) is 4.64. The average molecular weight is 382 g/mol. The lowest BCUT2D eigenvalue weighted by atomic mass is 9.96. The molecule has 6 heteroatoms. The molecule has 0 saturated carbocycles. The fourth-order valence-corrected chi connectivity index (χ4v) is 2.98. The van der Waals surface area contributed by atoms with Gasteiger partial charge in [0.15, 0.2) is 5.69 Å². The minimum absolute atomic E-state index is 0.0475. The number of methoxy groups -OCH3 is 2. The largest absolute Gasteiger partial charge is 0.465 e. The molecule has 0 aliphatic rings. The maximum Gasteiger partial charge on any atom is 0.357 e. The molecule has 3 rings (SSSR count). The Morgan fingerprint density at radius 3 is 2.11 bits per heavy atom. The van der Waals surface area contributed by atoms with Gasteiger partial charge in [-0.05, 0) is 17.7 Å². The van der Waals surface area contributed by atoms with Crippen molar-refractivity contribution in [2.24, 2.45) is 0 Å². The third-order valence-electron chi connectivity index (χ3n) is 4.02. The second-order valence-electron chi connectivity index (χ2n) is 5.61. The highest BCUT2D eigenvalue weighted by atomic mass is 35.5. The summed E-state index contributed by atoms with van der Waals surface area (Å²) in [7, 11) is 2.48. The highest BCUT2D eigenvalue weighted by molar-refractivity contribution is 6.33. The molecule has 0 amide bonds. The third kappa shape index (κ3) is 3.68. The summed E-state index contributed by atoms with van der Waals surface area (Å²) < 4.78 is 9.73. The lowest BCUT2D eigenvalue weighted by Crippen LogP contribution is -2.16. The van der Waals surface area contributed by atoms with E-state index in [1.165, 1.54) is 14.2 Å². The number of rotatable bonds is 4. The topological polar surface area (TPSA) is 65.5 Å². The van der Waals surface area contributed by atoms with Gasteiger partial charge in [-0.25, -0.2) is 14.6 Å². The quantitative estimate of drug-likeness (QED) is 0.616. The Labute approximate surface area is 161 Å². The molecule has 5 nitrogen and oxygen atoms in total. The predicted molar refractivity (Wildman–Crippen MR) is 103 cm³/mol. The summed E-state index contributed by atoms with van der Waals surface area (Å²) in [5.74, 6) is -1.41. The number of nitrogens with zero attached hydrogens (tertiary/aromatic N) is 1. The van der Waals surface area contributed by atoms with Crippen molar-refractivity contribution in [3.63, 3.8) is 0 Å². The monoisotopic (exact) mass is 381 g/mol. The number of carbonyl (C=O) groups is 2. The lowest BCUT2D eigenvalue weighted by molar-refractivity contribution is 0.0550. The van der Waals surface area contributed by atoms with Gasteiger partial charge in [-0.3, -0.25) is 0 Å². The van der Waals surface area contributed by atoms with Gasteiger partial charge in [0.05, 0.1) is 19.9 Å². The van der Waals surface area contributed by atoms with Crippen LogP contribution < -0.4 is 0 Å². The number of benzene rings is 2. The molecule has 0 saturated heterocycles. The van der Waals surface area contributed by atoms with Gasteiger partial charge in [0.1, 0.15) is 5.56 Å². The van der Waals surface area contributed by atoms with E-state index in [9.17, 15) is 9.59 Å². The van der Waals surface area contributed by atoms with Crippen LogP contribution in [0.4, 0.5) is 0 Å². The third-order valence-corrected chi connectivity index (χ3v) is 4.35. The van der Waals surface area contributed by atoms with Gasteiger partial charge in [0, 0.05) is 16.1 Å². The van der Waals surface area contributed by atoms with E-state index in [0.717, 1.165) is 5.56 Å². The smallest absolute Gasteiger partial charge is 0.357 e. The molecule has 0 spiro atoms. The standard InChI is InChI=1S/C21H16ClNO4/c1-26-20(24)18-15(13-8-4-3-5-9-13)12-17(23-19(18)21(25)27-2)14-10-6-7-11-16(14)22/h3-12H,1-2H3. The van der Waals surface area contributed by atoms with Crippen LogP contribution in [0.25, 0.3) is 22.4 Å². The molecule has 0 unspecified atom stereocenters. The maximum atomic E-state index is 12.5. The Balaban J connectivity index is 2.38. The van der Waals surface area contributed by atoms with Crippen molar-refractivity contribution >= 4 is 23.5 Å². The molecular weight excluding hydrogens is 366 g/mol.